The second-order valence-electron chi connectivity index (χ2n) is 2.23. The molecule has 0 bridgehead atoms. The average molecular weight is 137 g/mol. The van der Waals surface area contributed by atoms with Crippen LogP contribution in [0.15, 0.2) is 24.0 Å². The van der Waals surface area contributed by atoms with Crippen molar-refractivity contribution in [1.29, 1.82) is 0 Å². The number of hydrogen-bond acceptors (Lipinski definition) is 2. The molecule has 1 fully saturated rings. The smallest absolute Gasteiger partial charge is 0.356 e. The van der Waals surface area contributed by atoms with Crippen molar-refractivity contribution in [2.75, 3.05) is 0 Å². The van der Waals surface area contributed by atoms with Crippen molar-refractivity contribution >= 4 is 5.97 Å². The number of carboxylic acids is 1. The minimum absolute atomic E-state index is 0.530. The summed E-state index contributed by atoms with van der Waals surface area (Å²) in [5.74, 6) is -0.411. The highest BCUT2D eigenvalue weighted by molar-refractivity contribution is 5.89. The summed E-state index contributed by atoms with van der Waals surface area (Å²) in [5.41, 5.74) is -1.09. The Kier molecular flexibility index (Phi) is 0.787. The lowest BCUT2D eigenvalue weighted by atomic mass is 10.0. The van der Waals surface area contributed by atoms with Gasteiger partial charge in [-0.1, -0.05) is 12.2 Å². The van der Waals surface area contributed by atoms with Crippen molar-refractivity contribution in [1.82, 2.24) is 0 Å². The van der Waals surface area contributed by atoms with Crippen molar-refractivity contribution in [3.63, 3.8) is 0 Å². The Morgan fingerprint density at radius 3 is 2.90 bits per heavy atom. The topological polar surface area (TPSA) is 49.8 Å². The molecule has 0 amide bonds. The van der Waals surface area contributed by atoms with Gasteiger partial charge in [-0.25, -0.2) is 4.79 Å². The van der Waals surface area contributed by atoms with Crippen LogP contribution in [-0.2, 0) is 9.53 Å². The number of epoxide rings is 1. The maximum Gasteiger partial charge on any atom is 0.356 e. The number of ether oxygens (including phenoxy) is 1. The fourth-order valence-electron chi connectivity index (χ4n) is 0.976. The van der Waals surface area contributed by atoms with Crippen molar-refractivity contribution < 1.29 is 14.6 Å². The normalized spacial score (nSPS) is 33.8. The van der Waals surface area contributed by atoms with E-state index in [0.717, 1.165) is 0 Å². The molecule has 51 valence electrons. The van der Waals surface area contributed by atoms with E-state index in [2.05, 4.69) is 0 Å². The molecule has 0 aromatic rings. The molecule has 1 aliphatic carbocycles. The molecule has 1 unspecified atom stereocenters. The fourth-order valence-corrected chi connectivity index (χ4v) is 0.976. The minimum Gasteiger partial charge on any atom is -0.478 e. The first kappa shape index (κ1) is 5.53. The SMILES string of the molecule is O=C(O)C12[CH]C=CC=C1O2. The molecule has 1 aliphatic heterocycles. The summed E-state index contributed by atoms with van der Waals surface area (Å²) in [5, 5.41) is 8.61. The molecule has 1 saturated heterocycles. The van der Waals surface area contributed by atoms with E-state index in [1.54, 1.807) is 18.2 Å². The molecule has 3 heteroatoms. The standard InChI is InChI=1S/C7H5O3/c8-6(9)7-4-2-1-3-5(7)10-7/h1-4H,(H,8,9). The summed E-state index contributed by atoms with van der Waals surface area (Å²) >= 11 is 0. The van der Waals surface area contributed by atoms with Crippen LogP contribution in [0.4, 0.5) is 0 Å². The van der Waals surface area contributed by atoms with Crippen LogP contribution >= 0.6 is 0 Å². The Morgan fingerprint density at radius 1 is 1.60 bits per heavy atom. The van der Waals surface area contributed by atoms with Gasteiger partial charge in [0, 0.05) is 6.42 Å². The Labute approximate surface area is 57.6 Å². The van der Waals surface area contributed by atoms with Crippen molar-refractivity contribution in [3.8, 4) is 0 Å². The number of carboxylic acid groups (broad SMARTS) is 1. The Bertz CT molecular complexity index is 252. The average Bonchev–Trinajstić information content (AvgIpc) is 2.61. The molecule has 2 rings (SSSR count). The third kappa shape index (κ3) is 0.472. The molecule has 2 aliphatic rings. The molecule has 0 spiro atoms. The van der Waals surface area contributed by atoms with Crippen LogP contribution in [0.25, 0.3) is 0 Å². The number of carbonyl (C=O) groups is 1. The van der Waals surface area contributed by atoms with E-state index in [9.17, 15) is 4.79 Å². The summed E-state index contributed by atoms with van der Waals surface area (Å²) < 4.78 is 4.87. The first-order chi connectivity index (χ1) is 4.76. The third-order valence-electron chi connectivity index (χ3n) is 1.60. The molecule has 1 radical (unpaired) electrons. The van der Waals surface area contributed by atoms with Crippen molar-refractivity contribution in [2.45, 2.75) is 5.60 Å². The van der Waals surface area contributed by atoms with Crippen LogP contribution in [0.2, 0.25) is 0 Å². The predicted molar refractivity (Wildman–Crippen MR) is 33.0 cm³/mol. The second-order valence-corrected chi connectivity index (χ2v) is 2.23. The maximum atomic E-state index is 10.5. The maximum absolute atomic E-state index is 10.5. The van der Waals surface area contributed by atoms with Gasteiger partial charge in [0.2, 0.25) is 0 Å². The van der Waals surface area contributed by atoms with E-state index in [1.165, 1.54) is 6.42 Å². The van der Waals surface area contributed by atoms with Gasteiger partial charge >= 0.3 is 5.97 Å². The Hall–Kier alpha value is -1.25. The van der Waals surface area contributed by atoms with Crippen molar-refractivity contribution in [2.24, 2.45) is 0 Å². The Balaban J connectivity index is 2.32. The van der Waals surface area contributed by atoms with Crippen LogP contribution in [-0.4, -0.2) is 16.7 Å². The molecular formula is C7H5O3. The van der Waals surface area contributed by atoms with Gasteiger partial charge in [0.1, 0.15) is 0 Å². The van der Waals surface area contributed by atoms with Gasteiger partial charge in [0.25, 0.3) is 5.60 Å². The van der Waals surface area contributed by atoms with Gasteiger partial charge in [0.05, 0.1) is 0 Å². The molecule has 10 heavy (non-hydrogen) atoms. The third-order valence-corrected chi connectivity index (χ3v) is 1.60. The number of hydrogen-bond donors (Lipinski definition) is 1. The quantitative estimate of drug-likeness (QED) is 0.535. The number of rotatable bonds is 1. The van der Waals surface area contributed by atoms with Gasteiger partial charge in [-0.3, -0.25) is 0 Å². The molecule has 0 saturated carbocycles. The first-order valence-corrected chi connectivity index (χ1v) is 2.91. The zero-order valence-electron chi connectivity index (χ0n) is 5.07. The van der Waals surface area contributed by atoms with E-state index in [1.807, 2.05) is 0 Å². The van der Waals surface area contributed by atoms with Gasteiger partial charge in [0.15, 0.2) is 5.76 Å². The molecule has 0 aromatic heterocycles. The van der Waals surface area contributed by atoms with Crippen LogP contribution in [0.1, 0.15) is 0 Å². The zero-order chi connectivity index (χ0) is 7.19. The molecule has 3 nitrogen and oxygen atoms in total. The van der Waals surface area contributed by atoms with Gasteiger partial charge < -0.3 is 9.84 Å². The highest BCUT2D eigenvalue weighted by atomic mass is 16.6. The lowest BCUT2D eigenvalue weighted by Gasteiger charge is -1.99. The van der Waals surface area contributed by atoms with Crippen molar-refractivity contribution in [3.05, 3.63) is 30.4 Å². The monoisotopic (exact) mass is 137 g/mol. The number of fused-ring (bicyclic) bond motifs is 1. The van der Waals surface area contributed by atoms with E-state index >= 15 is 0 Å². The summed E-state index contributed by atoms with van der Waals surface area (Å²) in [4.78, 5) is 10.5. The highest BCUT2D eigenvalue weighted by Crippen LogP contribution is 2.45. The number of aliphatic carboxylic acids is 1. The second kappa shape index (κ2) is 1.42. The summed E-state index contributed by atoms with van der Waals surface area (Å²) in [6.45, 7) is 0. The largest absolute Gasteiger partial charge is 0.478 e. The van der Waals surface area contributed by atoms with E-state index in [0.29, 0.717) is 5.76 Å². The van der Waals surface area contributed by atoms with Crippen LogP contribution in [0.3, 0.4) is 0 Å². The summed E-state index contributed by atoms with van der Waals surface area (Å²) in [6.07, 6.45) is 6.62. The van der Waals surface area contributed by atoms with Gasteiger partial charge in [-0.2, -0.15) is 0 Å². The van der Waals surface area contributed by atoms with Gasteiger partial charge in [-0.15, -0.1) is 0 Å². The van der Waals surface area contributed by atoms with Crippen LogP contribution < -0.4 is 0 Å². The zero-order valence-corrected chi connectivity index (χ0v) is 5.07. The van der Waals surface area contributed by atoms with E-state index in [-0.39, 0.29) is 0 Å². The predicted octanol–water partition coefficient (Wildman–Crippen LogP) is 0.498. The summed E-state index contributed by atoms with van der Waals surface area (Å²) in [6, 6.07) is 0. The fraction of sp³-hybridized carbons (Fsp3) is 0.143. The van der Waals surface area contributed by atoms with E-state index < -0.39 is 11.6 Å². The molecule has 0 aromatic carbocycles. The Morgan fingerprint density at radius 2 is 2.40 bits per heavy atom. The highest BCUT2D eigenvalue weighted by Gasteiger charge is 2.60. The minimum atomic E-state index is -1.09. The first-order valence-electron chi connectivity index (χ1n) is 2.91. The molecular weight excluding hydrogens is 132 g/mol. The van der Waals surface area contributed by atoms with E-state index in [4.69, 9.17) is 9.84 Å². The van der Waals surface area contributed by atoms with Crippen LogP contribution in [0.5, 0.6) is 0 Å². The lowest BCUT2D eigenvalue weighted by molar-refractivity contribution is -0.141. The molecule has 1 atom stereocenters. The van der Waals surface area contributed by atoms with Gasteiger partial charge in [-0.05, 0) is 6.08 Å². The molecule has 1 heterocycles. The molecule has 1 N–H and O–H groups in total. The van der Waals surface area contributed by atoms with Crippen LogP contribution in [0, 0.1) is 6.42 Å². The number of allylic oxidation sites excluding steroid dienone is 2. The summed E-state index contributed by atoms with van der Waals surface area (Å²) in [7, 11) is 0. The lowest BCUT2D eigenvalue weighted by Crippen LogP contribution is -2.23.